The SMILES string of the molecule is Cc1cc(O)cc(Oc2cc(C)cc(Oc3cc(C)cc(Oc4cc(C)cc(O)c4)c3)c2)c1. The molecule has 0 atom stereocenters. The maximum absolute atomic E-state index is 9.83. The Morgan fingerprint density at radius 1 is 0.364 bits per heavy atom. The van der Waals surface area contributed by atoms with Gasteiger partial charge in [-0.3, -0.25) is 0 Å². The first kappa shape index (κ1) is 22.1. The summed E-state index contributed by atoms with van der Waals surface area (Å²) in [6.07, 6.45) is 0. The summed E-state index contributed by atoms with van der Waals surface area (Å²) in [6.45, 7) is 7.71. The molecule has 0 heterocycles. The molecule has 5 heteroatoms. The molecule has 0 amide bonds. The minimum absolute atomic E-state index is 0.156. The number of ether oxygens (including phenoxy) is 3. The zero-order chi connectivity index (χ0) is 23.5. The van der Waals surface area contributed by atoms with Crippen molar-refractivity contribution in [2.75, 3.05) is 0 Å². The van der Waals surface area contributed by atoms with E-state index in [2.05, 4.69) is 0 Å². The molecule has 2 N–H and O–H groups in total. The summed E-state index contributed by atoms with van der Waals surface area (Å²) in [4.78, 5) is 0. The molecule has 0 saturated carbocycles. The summed E-state index contributed by atoms with van der Waals surface area (Å²) in [5, 5.41) is 19.7. The van der Waals surface area contributed by atoms with Crippen molar-refractivity contribution in [2.24, 2.45) is 0 Å². The number of phenols is 2. The van der Waals surface area contributed by atoms with Crippen LogP contribution in [-0.2, 0) is 0 Å². The molecular formula is C28H26O5. The van der Waals surface area contributed by atoms with Crippen molar-refractivity contribution < 1.29 is 24.4 Å². The summed E-state index contributed by atoms with van der Waals surface area (Å²) >= 11 is 0. The number of aromatic hydroxyl groups is 2. The maximum Gasteiger partial charge on any atom is 0.131 e. The van der Waals surface area contributed by atoms with Crippen LogP contribution in [0, 0.1) is 27.7 Å². The molecule has 0 spiro atoms. The van der Waals surface area contributed by atoms with Gasteiger partial charge >= 0.3 is 0 Å². The third-order valence-corrected chi connectivity index (χ3v) is 4.83. The molecule has 4 rings (SSSR count). The minimum Gasteiger partial charge on any atom is -0.508 e. The average Bonchev–Trinajstić information content (AvgIpc) is 2.65. The first-order valence-corrected chi connectivity index (χ1v) is 10.6. The zero-order valence-corrected chi connectivity index (χ0v) is 19.0. The van der Waals surface area contributed by atoms with Gasteiger partial charge < -0.3 is 24.4 Å². The Labute approximate surface area is 193 Å². The minimum atomic E-state index is 0.156. The van der Waals surface area contributed by atoms with Gasteiger partial charge in [-0.1, -0.05) is 0 Å². The van der Waals surface area contributed by atoms with E-state index in [0.717, 1.165) is 22.3 Å². The van der Waals surface area contributed by atoms with E-state index in [0.29, 0.717) is 34.5 Å². The summed E-state index contributed by atoms with van der Waals surface area (Å²) in [5.74, 6) is 3.86. The molecule has 168 valence electrons. The molecule has 0 unspecified atom stereocenters. The fourth-order valence-electron chi connectivity index (χ4n) is 3.65. The summed E-state index contributed by atoms with van der Waals surface area (Å²) < 4.78 is 18.1. The van der Waals surface area contributed by atoms with Crippen LogP contribution in [0.25, 0.3) is 0 Å². The Bertz CT molecular complexity index is 1170. The van der Waals surface area contributed by atoms with E-state index in [1.165, 1.54) is 0 Å². The summed E-state index contributed by atoms with van der Waals surface area (Å²) in [7, 11) is 0. The molecule has 0 bridgehead atoms. The van der Waals surface area contributed by atoms with Crippen LogP contribution in [0.4, 0.5) is 0 Å². The second-order valence-corrected chi connectivity index (χ2v) is 8.28. The third kappa shape index (κ3) is 5.98. The Balaban J connectivity index is 1.57. The van der Waals surface area contributed by atoms with Crippen molar-refractivity contribution in [2.45, 2.75) is 27.7 Å². The van der Waals surface area contributed by atoms with Gasteiger partial charge in [-0.2, -0.15) is 0 Å². The zero-order valence-electron chi connectivity index (χ0n) is 19.0. The van der Waals surface area contributed by atoms with E-state index in [1.54, 1.807) is 36.4 Å². The van der Waals surface area contributed by atoms with Gasteiger partial charge in [0.05, 0.1) is 0 Å². The van der Waals surface area contributed by atoms with Crippen LogP contribution in [-0.4, -0.2) is 10.2 Å². The molecule has 0 saturated heterocycles. The van der Waals surface area contributed by atoms with Crippen molar-refractivity contribution in [3.63, 3.8) is 0 Å². The molecule has 4 aromatic carbocycles. The van der Waals surface area contributed by atoms with E-state index in [4.69, 9.17) is 14.2 Å². The Morgan fingerprint density at radius 2 is 0.606 bits per heavy atom. The molecule has 0 fully saturated rings. The number of hydrogen-bond acceptors (Lipinski definition) is 5. The molecule has 0 aliphatic heterocycles. The van der Waals surface area contributed by atoms with Gasteiger partial charge in [0.25, 0.3) is 0 Å². The lowest BCUT2D eigenvalue weighted by atomic mass is 10.2. The van der Waals surface area contributed by atoms with E-state index in [9.17, 15) is 10.2 Å². The van der Waals surface area contributed by atoms with Gasteiger partial charge in [0.15, 0.2) is 0 Å². The van der Waals surface area contributed by atoms with Crippen LogP contribution in [0.5, 0.6) is 46.0 Å². The lowest BCUT2D eigenvalue weighted by Gasteiger charge is -2.13. The fraction of sp³-hybridized carbons (Fsp3) is 0.143. The van der Waals surface area contributed by atoms with Crippen molar-refractivity contribution in [3.05, 3.63) is 95.1 Å². The highest BCUT2D eigenvalue weighted by Crippen LogP contribution is 2.35. The van der Waals surface area contributed by atoms with Crippen LogP contribution >= 0.6 is 0 Å². The van der Waals surface area contributed by atoms with Crippen molar-refractivity contribution in [1.82, 2.24) is 0 Å². The largest absolute Gasteiger partial charge is 0.508 e. The van der Waals surface area contributed by atoms with E-state index in [-0.39, 0.29) is 11.5 Å². The summed E-state index contributed by atoms with van der Waals surface area (Å²) in [6, 6.07) is 21.5. The van der Waals surface area contributed by atoms with Gasteiger partial charge in [0.2, 0.25) is 0 Å². The molecule has 33 heavy (non-hydrogen) atoms. The molecule has 0 aliphatic carbocycles. The van der Waals surface area contributed by atoms with Crippen molar-refractivity contribution >= 4 is 0 Å². The predicted molar refractivity (Wildman–Crippen MR) is 128 cm³/mol. The smallest absolute Gasteiger partial charge is 0.131 e. The Kier molecular flexibility index (Phi) is 6.13. The lowest BCUT2D eigenvalue weighted by molar-refractivity contribution is 0.442. The number of hydrogen-bond donors (Lipinski definition) is 2. The highest BCUT2D eigenvalue weighted by Gasteiger charge is 2.08. The standard InChI is InChI=1S/C28H26O5/c1-17-5-21(29)13-23(7-17)31-25-9-19(3)11-27(15-25)33-28-12-20(4)10-26(16-28)32-24-8-18(2)6-22(30)14-24/h5-16,29-30H,1-4H3. The monoisotopic (exact) mass is 442 g/mol. The molecule has 0 aromatic heterocycles. The maximum atomic E-state index is 9.83. The normalized spacial score (nSPS) is 10.7. The van der Waals surface area contributed by atoms with E-state index >= 15 is 0 Å². The fourth-order valence-corrected chi connectivity index (χ4v) is 3.65. The molecule has 5 nitrogen and oxygen atoms in total. The number of rotatable bonds is 6. The third-order valence-electron chi connectivity index (χ3n) is 4.83. The Morgan fingerprint density at radius 3 is 0.879 bits per heavy atom. The molecular weight excluding hydrogens is 416 g/mol. The van der Waals surface area contributed by atoms with E-state index < -0.39 is 0 Å². The lowest BCUT2D eigenvalue weighted by Crippen LogP contribution is -1.91. The van der Waals surface area contributed by atoms with Gasteiger partial charge in [-0.15, -0.1) is 0 Å². The van der Waals surface area contributed by atoms with Crippen molar-refractivity contribution in [1.29, 1.82) is 0 Å². The van der Waals surface area contributed by atoms with Crippen LogP contribution in [0.15, 0.2) is 72.8 Å². The second-order valence-electron chi connectivity index (χ2n) is 8.28. The highest BCUT2D eigenvalue weighted by molar-refractivity contribution is 5.47. The first-order chi connectivity index (χ1) is 15.7. The molecule has 0 aliphatic rings. The molecule has 0 radical (unpaired) electrons. The number of phenolic OH excluding ortho intramolecular Hbond substituents is 2. The average molecular weight is 443 g/mol. The van der Waals surface area contributed by atoms with Gasteiger partial charge in [-0.05, 0) is 98.5 Å². The number of benzene rings is 4. The van der Waals surface area contributed by atoms with Gasteiger partial charge in [-0.25, -0.2) is 0 Å². The Hall–Kier alpha value is -4.12. The van der Waals surface area contributed by atoms with Crippen LogP contribution in [0.2, 0.25) is 0 Å². The van der Waals surface area contributed by atoms with Crippen LogP contribution in [0.3, 0.4) is 0 Å². The molecule has 4 aromatic rings. The van der Waals surface area contributed by atoms with E-state index in [1.807, 2.05) is 64.1 Å². The summed E-state index contributed by atoms with van der Waals surface area (Å²) in [5.41, 5.74) is 3.75. The predicted octanol–water partition coefficient (Wildman–Crippen LogP) is 7.71. The van der Waals surface area contributed by atoms with Gasteiger partial charge in [0, 0.05) is 24.3 Å². The van der Waals surface area contributed by atoms with Gasteiger partial charge in [0.1, 0.15) is 46.0 Å². The van der Waals surface area contributed by atoms with Crippen molar-refractivity contribution in [3.8, 4) is 46.0 Å². The topological polar surface area (TPSA) is 68.2 Å². The first-order valence-electron chi connectivity index (χ1n) is 10.6. The highest BCUT2D eigenvalue weighted by atomic mass is 16.5. The quantitative estimate of drug-likeness (QED) is 0.320. The van der Waals surface area contributed by atoms with Crippen LogP contribution in [0.1, 0.15) is 22.3 Å². The second kappa shape index (κ2) is 9.17. The number of aryl methyl sites for hydroxylation is 4. The van der Waals surface area contributed by atoms with Crippen LogP contribution < -0.4 is 14.2 Å².